The van der Waals surface area contributed by atoms with E-state index in [0.29, 0.717) is 37.0 Å². The second-order valence-electron chi connectivity index (χ2n) is 12.7. The lowest BCUT2D eigenvalue weighted by atomic mass is 9.79. The Kier molecular flexibility index (Phi) is 8.57. The molecule has 0 unspecified atom stereocenters. The van der Waals surface area contributed by atoms with Gasteiger partial charge >= 0.3 is 0 Å². The van der Waals surface area contributed by atoms with Crippen molar-refractivity contribution >= 4 is 16.9 Å². The van der Waals surface area contributed by atoms with Gasteiger partial charge in [-0.2, -0.15) is 0 Å². The first-order chi connectivity index (χ1) is 22.9. The molecule has 0 spiro atoms. The summed E-state index contributed by atoms with van der Waals surface area (Å²) in [4.78, 5) is 44.9. The lowest BCUT2D eigenvalue weighted by molar-refractivity contribution is -0.142. The van der Waals surface area contributed by atoms with Crippen molar-refractivity contribution in [2.75, 3.05) is 33.3 Å². The number of aliphatic hydroxyl groups is 1. The molecule has 0 bridgehead atoms. The number of rotatable bonds is 8. The van der Waals surface area contributed by atoms with E-state index in [1.54, 1.807) is 25.7 Å². The van der Waals surface area contributed by atoms with Crippen molar-refractivity contribution in [2.24, 2.45) is 5.92 Å². The van der Waals surface area contributed by atoms with Gasteiger partial charge in [0.25, 0.3) is 5.56 Å². The summed E-state index contributed by atoms with van der Waals surface area (Å²) in [7, 11) is 1.62. The number of fused-ring (bicyclic) bond motifs is 1. The van der Waals surface area contributed by atoms with E-state index in [-0.39, 0.29) is 29.8 Å². The summed E-state index contributed by atoms with van der Waals surface area (Å²) in [5.41, 5.74) is 2.24. The van der Waals surface area contributed by atoms with Gasteiger partial charge in [-0.1, -0.05) is 30.3 Å². The maximum Gasteiger partial charge on any atom is 0.262 e. The number of piperidine rings is 2. The summed E-state index contributed by atoms with van der Waals surface area (Å²) in [5, 5.41) is 12.1. The molecule has 0 radical (unpaired) electrons. The molecular formula is C36H39N7O4. The molecular weight excluding hydrogens is 594 g/mol. The first-order valence-corrected chi connectivity index (χ1v) is 16.1. The zero-order chi connectivity index (χ0) is 32.4. The molecule has 0 aliphatic carbocycles. The van der Waals surface area contributed by atoms with Gasteiger partial charge in [-0.3, -0.25) is 19.1 Å². The summed E-state index contributed by atoms with van der Waals surface area (Å²) >= 11 is 0. The van der Waals surface area contributed by atoms with Crippen LogP contribution in [0, 0.1) is 5.92 Å². The van der Waals surface area contributed by atoms with E-state index in [1.807, 2.05) is 64.2 Å². The lowest BCUT2D eigenvalue weighted by Gasteiger charge is -2.43. The summed E-state index contributed by atoms with van der Waals surface area (Å²) in [6.45, 7) is 3.29. The minimum atomic E-state index is -1.12. The first kappa shape index (κ1) is 30.8. The van der Waals surface area contributed by atoms with Gasteiger partial charge in [-0.25, -0.2) is 15.0 Å². The molecule has 7 rings (SSSR count). The number of benzene rings is 2. The predicted molar refractivity (Wildman–Crippen MR) is 177 cm³/mol. The molecule has 2 aliphatic rings. The van der Waals surface area contributed by atoms with Crippen LogP contribution in [0.3, 0.4) is 0 Å². The van der Waals surface area contributed by atoms with Crippen molar-refractivity contribution in [3.63, 3.8) is 0 Å². The van der Waals surface area contributed by atoms with Gasteiger partial charge < -0.3 is 19.3 Å². The molecule has 11 heteroatoms. The van der Waals surface area contributed by atoms with Crippen LogP contribution in [-0.2, 0) is 17.9 Å². The van der Waals surface area contributed by atoms with Crippen molar-refractivity contribution in [1.82, 2.24) is 33.9 Å². The highest BCUT2D eigenvalue weighted by molar-refractivity contribution is 5.80. The van der Waals surface area contributed by atoms with Crippen LogP contribution >= 0.6 is 0 Å². The first-order valence-electron chi connectivity index (χ1n) is 16.1. The zero-order valence-electron chi connectivity index (χ0n) is 26.5. The molecule has 2 saturated heterocycles. The van der Waals surface area contributed by atoms with E-state index < -0.39 is 5.60 Å². The number of carbonyl (C=O) groups excluding carboxylic acids is 1. The second kappa shape index (κ2) is 13.1. The van der Waals surface area contributed by atoms with Crippen molar-refractivity contribution in [1.29, 1.82) is 0 Å². The van der Waals surface area contributed by atoms with E-state index in [1.165, 1.54) is 10.9 Å². The van der Waals surface area contributed by atoms with Gasteiger partial charge in [-0.15, -0.1) is 0 Å². The third kappa shape index (κ3) is 6.41. The Balaban J connectivity index is 1.02. The van der Waals surface area contributed by atoms with Gasteiger partial charge in [0.1, 0.15) is 18.4 Å². The fourth-order valence-electron chi connectivity index (χ4n) is 7.11. The van der Waals surface area contributed by atoms with E-state index in [4.69, 9.17) is 4.74 Å². The second-order valence-corrected chi connectivity index (χ2v) is 12.7. The quantitative estimate of drug-likeness (QED) is 0.275. The number of likely N-dealkylation sites (tertiary alicyclic amines) is 2. The van der Waals surface area contributed by atoms with Crippen LogP contribution in [0.4, 0.5) is 0 Å². The Morgan fingerprint density at radius 3 is 2.51 bits per heavy atom. The van der Waals surface area contributed by atoms with Gasteiger partial charge in [-0.05, 0) is 67.8 Å². The molecule has 1 N–H and O–H groups in total. The van der Waals surface area contributed by atoms with Gasteiger partial charge in [0.2, 0.25) is 5.91 Å². The fourth-order valence-corrected chi connectivity index (χ4v) is 7.11. The summed E-state index contributed by atoms with van der Waals surface area (Å²) in [6, 6.07) is 21.5. The Morgan fingerprint density at radius 2 is 1.79 bits per heavy atom. The number of methoxy groups -OCH3 is 1. The lowest BCUT2D eigenvalue weighted by Crippen LogP contribution is -2.53. The summed E-state index contributed by atoms with van der Waals surface area (Å²) < 4.78 is 8.62. The molecule has 47 heavy (non-hydrogen) atoms. The molecule has 2 aliphatic heterocycles. The number of aromatic nitrogens is 5. The van der Waals surface area contributed by atoms with E-state index in [0.717, 1.165) is 48.7 Å². The average molecular weight is 634 g/mol. The normalized spacial score (nSPS) is 19.9. The topological polar surface area (TPSA) is 119 Å². The van der Waals surface area contributed by atoms with E-state index in [9.17, 15) is 14.7 Å². The van der Waals surface area contributed by atoms with Crippen LogP contribution in [0.15, 0.2) is 96.6 Å². The third-order valence-corrected chi connectivity index (χ3v) is 9.76. The highest BCUT2D eigenvalue weighted by Gasteiger charge is 2.41. The van der Waals surface area contributed by atoms with Crippen molar-refractivity contribution in [3.8, 4) is 11.4 Å². The molecule has 242 valence electrons. The molecule has 3 aromatic heterocycles. The average Bonchev–Trinajstić information content (AvgIpc) is 3.55. The van der Waals surface area contributed by atoms with Crippen molar-refractivity contribution < 1.29 is 14.6 Å². The molecule has 5 aromatic rings. The van der Waals surface area contributed by atoms with Gasteiger partial charge in [0.05, 0.1) is 30.3 Å². The van der Waals surface area contributed by atoms with E-state index >= 15 is 0 Å². The Bertz CT molecular complexity index is 1880. The number of amides is 1. The van der Waals surface area contributed by atoms with Gasteiger partial charge in [0, 0.05) is 56.1 Å². The zero-order valence-corrected chi connectivity index (χ0v) is 26.5. The number of hydrogen-bond donors (Lipinski definition) is 1. The maximum absolute atomic E-state index is 14.1. The van der Waals surface area contributed by atoms with Crippen molar-refractivity contribution in [2.45, 2.75) is 43.9 Å². The minimum Gasteiger partial charge on any atom is -0.497 e. The number of ether oxygens (including phenoxy) is 1. The maximum atomic E-state index is 14.1. The molecule has 2 atom stereocenters. The van der Waals surface area contributed by atoms with Crippen LogP contribution in [-0.4, -0.2) is 83.8 Å². The molecule has 5 heterocycles. The third-order valence-electron chi connectivity index (χ3n) is 9.76. The minimum absolute atomic E-state index is 0.0571. The highest BCUT2D eigenvalue weighted by atomic mass is 16.5. The fraction of sp³-hybridized carbons (Fsp3) is 0.361. The molecule has 11 nitrogen and oxygen atoms in total. The molecule has 1 amide bonds. The van der Waals surface area contributed by atoms with Crippen LogP contribution in [0.1, 0.15) is 36.4 Å². The molecule has 2 fully saturated rings. The van der Waals surface area contributed by atoms with Crippen LogP contribution in [0.25, 0.3) is 16.7 Å². The number of carbonyl (C=O) groups is 1. The monoisotopic (exact) mass is 633 g/mol. The molecule has 2 aromatic carbocycles. The van der Waals surface area contributed by atoms with Crippen LogP contribution < -0.4 is 10.3 Å². The highest BCUT2D eigenvalue weighted by Crippen LogP contribution is 2.36. The summed E-state index contributed by atoms with van der Waals surface area (Å²) in [5.74, 6) is 0.802. The van der Waals surface area contributed by atoms with Crippen LogP contribution in [0.2, 0.25) is 0 Å². The smallest absolute Gasteiger partial charge is 0.262 e. The number of nitrogens with zero attached hydrogens (tertiary/aromatic N) is 7. The van der Waals surface area contributed by atoms with Crippen molar-refractivity contribution in [3.05, 3.63) is 113 Å². The Labute approximate surface area is 273 Å². The van der Waals surface area contributed by atoms with E-state index in [2.05, 4.69) is 32.0 Å². The Hall–Kier alpha value is -4.87. The standard InChI is InChI=1S/C36H39N7O4/c1-47-29-9-7-28(8-10-29)43-18-13-31-33(43)39-25-42(35(31)45)23-36(46)14-19-41(20-15-36)34(44)30-12-17-40(21-27-11-16-37-24-38-27)22-32(30)26-5-3-2-4-6-26/h2-11,13,16,18,24-25,30,32,46H,12,14-15,17,19-23H2,1H3/t30-,32+/m1/s1. The number of hydrogen-bond acceptors (Lipinski definition) is 8. The summed E-state index contributed by atoms with van der Waals surface area (Å²) in [6.07, 6.45) is 8.20. The SMILES string of the molecule is COc1ccc(-n2ccc3c(=O)n(CC4(O)CCN(C(=O)[C@@H]5CCN(Cc6ccncn6)C[C@H]5c5ccccc5)CC4)cnc32)cc1. The molecule has 0 saturated carbocycles. The van der Waals surface area contributed by atoms with Crippen LogP contribution in [0.5, 0.6) is 5.75 Å². The van der Waals surface area contributed by atoms with Gasteiger partial charge in [0.15, 0.2) is 5.65 Å². The Morgan fingerprint density at radius 1 is 1.00 bits per heavy atom. The predicted octanol–water partition coefficient (Wildman–Crippen LogP) is 3.65. The largest absolute Gasteiger partial charge is 0.497 e.